The van der Waals surface area contributed by atoms with Gasteiger partial charge in [-0.2, -0.15) is 10.5 Å². The fourth-order valence-corrected chi connectivity index (χ4v) is 2.76. The van der Waals surface area contributed by atoms with E-state index in [1.807, 2.05) is 36.4 Å². The van der Waals surface area contributed by atoms with Crippen molar-refractivity contribution in [3.63, 3.8) is 0 Å². The van der Waals surface area contributed by atoms with E-state index in [4.69, 9.17) is 16.3 Å². The molecule has 0 heterocycles. The Kier molecular flexibility index (Phi) is 4.57. The van der Waals surface area contributed by atoms with Crippen LogP contribution in [0.5, 0.6) is 5.75 Å². The molecule has 1 aromatic rings. The highest BCUT2D eigenvalue weighted by Crippen LogP contribution is 2.39. The van der Waals surface area contributed by atoms with Crippen LogP contribution in [0.25, 0.3) is 6.08 Å². The van der Waals surface area contributed by atoms with Gasteiger partial charge in [-0.15, -0.1) is 0 Å². The van der Waals surface area contributed by atoms with Crippen LogP contribution in [0.4, 0.5) is 5.69 Å². The zero-order chi connectivity index (χ0) is 17.0. The van der Waals surface area contributed by atoms with Crippen LogP contribution in [0.2, 0.25) is 0 Å². The molecule has 0 atom stereocenters. The average Bonchev–Trinajstić information content (AvgIpc) is 2.48. The van der Waals surface area contributed by atoms with E-state index in [0.717, 1.165) is 23.1 Å². The van der Waals surface area contributed by atoms with E-state index in [1.54, 1.807) is 12.1 Å². The summed E-state index contributed by atoms with van der Waals surface area (Å²) in [6, 6.07) is 9.03. The predicted octanol–water partition coefficient (Wildman–Crippen LogP) is 4.08. The summed E-state index contributed by atoms with van der Waals surface area (Å²) in [6.07, 6.45) is 7.34. The Bertz CT molecular complexity index is 783. The molecule has 0 fully saturated rings. The fraction of sp³-hybridized carbons (Fsp3) is 0.263. The standard InChI is InChI=1S/C19H19N3O/c1-19(2)9-14(7-15(10-19)16(11-20)12-21)4-3-13-5-6-17(22)18(23)8-13/h3-8,23H,9-10,22H2,1-2H3. The van der Waals surface area contributed by atoms with Crippen LogP contribution in [0.1, 0.15) is 32.3 Å². The SMILES string of the molecule is CC1(C)CC(C=Cc2ccc(N)c(O)c2)=CC(=C(C#N)C#N)C1. The number of nitriles is 2. The number of nitrogens with two attached hydrogens (primary N) is 1. The van der Waals surface area contributed by atoms with E-state index in [1.165, 1.54) is 0 Å². The maximum absolute atomic E-state index is 9.65. The number of aromatic hydroxyl groups is 1. The Labute approximate surface area is 136 Å². The van der Waals surface area contributed by atoms with Gasteiger partial charge in [0.05, 0.1) is 5.69 Å². The van der Waals surface area contributed by atoms with Crippen molar-refractivity contribution < 1.29 is 5.11 Å². The third kappa shape index (κ3) is 4.02. The molecule has 1 aliphatic carbocycles. The molecule has 3 N–H and O–H groups in total. The number of phenols is 1. The van der Waals surface area contributed by atoms with Gasteiger partial charge in [-0.1, -0.05) is 38.1 Å². The molecule has 4 heteroatoms. The van der Waals surface area contributed by atoms with E-state index in [-0.39, 0.29) is 16.7 Å². The van der Waals surface area contributed by atoms with Crippen molar-refractivity contribution >= 4 is 11.8 Å². The lowest BCUT2D eigenvalue weighted by Gasteiger charge is -2.30. The van der Waals surface area contributed by atoms with Crippen LogP contribution >= 0.6 is 0 Å². The van der Waals surface area contributed by atoms with Gasteiger partial charge >= 0.3 is 0 Å². The fourth-order valence-electron chi connectivity index (χ4n) is 2.76. The highest BCUT2D eigenvalue weighted by Gasteiger charge is 2.26. The molecule has 0 radical (unpaired) electrons. The molecular formula is C19H19N3O. The third-order valence-corrected chi connectivity index (χ3v) is 3.80. The number of rotatable bonds is 2. The Morgan fingerprint density at radius 2 is 1.91 bits per heavy atom. The first-order chi connectivity index (χ1) is 10.8. The first kappa shape index (κ1) is 16.4. The molecule has 0 aliphatic heterocycles. The third-order valence-electron chi connectivity index (χ3n) is 3.80. The van der Waals surface area contributed by atoms with Crippen LogP contribution in [-0.2, 0) is 0 Å². The molecule has 0 spiro atoms. The van der Waals surface area contributed by atoms with Gasteiger partial charge in [0.15, 0.2) is 0 Å². The number of hydrogen-bond donors (Lipinski definition) is 2. The summed E-state index contributed by atoms with van der Waals surface area (Å²) >= 11 is 0. The zero-order valence-corrected chi connectivity index (χ0v) is 13.3. The average molecular weight is 305 g/mol. The number of anilines is 1. The lowest BCUT2D eigenvalue weighted by Crippen LogP contribution is -2.17. The normalized spacial score (nSPS) is 16.5. The highest BCUT2D eigenvalue weighted by molar-refractivity contribution is 5.62. The van der Waals surface area contributed by atoms with Crippen molar-refractivity contribution in [3.05, 3.63) is 52.6 Å². The molecule has 0 saturated heterocycles. The molecule has 116 valence electrons. The summed E-state index contributed by atoms with van der Waals surface area (Å²) < 4.78 is 0. The predicted molar refractivity (Wildman–Crippen MR) is 90.9 cm³/mol. The Morgan fingerprint density at radius 3 is 2.52 bits per heavy atom. The minimum atomic E-state index is -0.00797. The number of phenolic OH excluding ortho intramolecular Hbond substituents is 1. The maximum atomic E-state index is 9.65. The topological polar surface area (TPSA) is 93.8 Å². The van der Waals surface area contributed by atoms with Crippen LogP contribution in [0, 0.1) is 28.1 Å². The minimum Gasteiger partial charge on any atom is -0.506 e. The van der Waals surface area contributed by atoms with Crippen LogP contribution in [-0.4, -0.2) is 5.11 Å². The van der Waals surface area contributed by atoms with Gasteiger partial charge in [0.25, 0.3) is 0 Å². The first-order valence-corrected chi connectivity index (χ1v) is 7.35. The Balaban J connectivity index is 2.36. The molecular weight excluding hydrogens is 286 g/mol. The lowest BCUT2D eigenvalue weighted by atomic mass is 9.74. The smallest absolute Gasteiger partial charge is 0.139 e. The second-order valence-corrected chi connectivity index (χ2v) is 6.51. The maximum Gasteiger partial charge on any atom is 0.139 e. The highest BCUT2D eigenvalue weighted by atomic mass is 16.3. The molecule has 2 rings (SSSR count). The molecule has 0 bridgehead atoms. The van der Waals surface area contributed by atoms with Crippen LogP contribution in [0.3, 0.4) is 0 Å². The summed E-state index contributed by atoms with van der Waals surface area (Å²) in [5, 5.41) is 27.8. The van der Waals surface area contributed by atoms with Gasteiger partial charge in [0, 0.05) is 0 Å². The molecule has 1 aromatic carbocycles. The van der Waals surface area contributed by atoms with Crippen molar-refractivity contribution in [3.8, 4) is 17.9 Å². The minimum absolute atomic E-state index is 0.00797. The largest absolute Gasteiger partial charge is 0.506 e. The van der Waals surface area contributed by atoms with Gasteiger partial charge in [0.1, 0.15) is 23.5 Å². The van der Waals surface area contributed by atoms with E-state index < -0.39 is 0 Å². The molecule has 0 saturated carbocycles. The van der Waals surface area contributed by atoms with Gasteiger partial charge < -0.3 is 10.8 Å². The molecule has 23 heavy (non-hydrogen) atoms. The van der Waals surface area contributed by atoms with E-state index in [9.17, 15) is 5.11 Å². The summed E-state index contributed by atoms with van der Waals surface area (Å²) in [6.45, 7) is 4.24. The van der Waals surface area contributed by atoms with E-state index in [2.05, 4.69) is 13.8 Å². The van der Waals surface area contributed by atoms with Crippen LogP contribution in [0.15, 0.2) is 47.1 Å². The number of benzene rings is 1. The Hall–Kier alpha value is -2.98. The molecule has 0 amide bonds. The van der Waals surface area contributed by atoms with E-state index in [0.29, 0.717) is 12.1 Å². The number of allylic oxidation sites excluding steroid dienone is 5. The zero-order valence-electron chi connectivity index (χ0n) is 13.3. The second-order valence-electron chi connectivity index (χ2n) is 6.51. The summed E-state index contributed by atoms with van der Waals surface area (Å²) in [7, 11) is 0. The van der Waals surface area contributed by atoms with Crippen LogP contribution < -0.4 is 5.73 Å². The lowest BCUT2D eigenvalue weighted by molar-refractivity contribution is 0.354. The van der Waals surface area contributed by atoms with Crippen molar-refractivity contribution in [1.82, 2.24) is 0 Å². The molecule has 4 nitrogen and oxygen atoms in total. The molecule has 0 unspecified atom stereocenters. The van der Waals surface area contributed by atoms with Crippen molar-refractivity contribution in [1.29, 1.82) is 10.5 Å². The van der Waals surface area contributed by atoms with Crippen molar-refractivity contribution in [2.24, 2.45) is 5.41 Å². The second kappa shape index (κ2) is 6.42. The van der Waals surface area contributed by atoms with Crippen molar-refractivity contribution in [2.75, 3.05) is 5.73 Å². The quantitative estimate of drug-likeness (QED) is 0.489. The summed E-state index contributed by atoms with van der Waals surface area (Å²) in [5.74, 6) is 0.0573. The van der Waals surface area contributed by atoms with Gasteiger partial charge in [-0.25, -0.2) is 0 Å². The number of nitrogen functional groups attached to an aromatic ring is 1. The number of nitrogens with zero attached hydrogens (tertiary/aromatic N) is 2. The monoisotopic (exact) mass is 305 g/mol. The summed E-state index contributed by atoms with van der Waals surface area (Å²) in [4.78, 5) is 0. The van der Waals surface area contributed by atoms with E-state index >= 15 is 0 Å². The van der Waals surface area contributed by atoms with Crippen molar-refractivity contribution in [2.45, 2.75) is 26.7 Å². The van der Waals surface area contributed by atoms with Gasteiger partial charge in [0.2, 0.25) is 0 Å². The Morgan fingerprint density at radius 1 is 1.22 bits per heavy atom. The van der Waals surface area contributed by atoms with Gasteiger partial charge in [-0.05, 0) is 47.1 Å². The molecule has 0 aromatic heterocycles. The first-order valence-electron chi connectivity index (χ1n) is 7.35. The van der Waals surface area contributed by atoms with Gasteiger partial charge in [-0.3, -0.25) is 0 Å². The molecule has 1 aliphatic rings. The number of hydrogen-bond acceptors (Lipinski definition) is 4. The summed E-state index contributed by atoms with van der Waals surface area (Å²) in [5.41, 5.74) is 8.78.